The van der Waals surface area contributed by atoms with E-state index in [4.69, 9.17) is 27.9 Å². The molecular formula is C14H15Cl2NO4S. The lowest BCUT2D eigenvalue weighted by Gasteiger charge is -2.33. The van der Waals surface area contributed by atoms with Crippen molar-refractivity contribution in [2.75, 3.05) is 19.0 Å². The van der Waals surface area contributed by atoms with Crippen molar-refractivity contribution in [2.45, 2.75) is 23.3 Å². The summed E-state index contributed by atoms with van der Waals surface area (Å²) in [6.07, 6.45) is 0.521. The molecule has 1 amide bonds. The first-order valence-corrected chi connectivity index (χ1v) is 8.37. The van der Waals surface area contributed by atoms with E-state index in [1.807, 2.05) is 0 Å². The lowest BCUT2D eigenvalue weighted by molar-refractivity contribution is -0.151. The third-order valence-corrected chi connectivity index (χ3v) is 5.12. The summed E-state index contributed by atoms with van der Waals surface area (Å²) < 4.78 is 5.16. The maximum Gasteiger partial charge on any atom is 0.329 e. The minimum absolute atomic E-state index is 0.0654. The van der Waals surface area contributed by atoms with Crippen LogP contribution in [0.25, 0.3) is 0 Å². The number of carbonyl (C=O) groups is 2. The number of halogens is 2. The summed E-state index contributed by atoms with van der Waals surface area (Å²) in [7, 11) is 0. The minimum Gasteiger partial charge on any atom is -0.480 e. The van der Waals surface area contributed by atoms with Gasteiger partial charge in [0.2, 0.25) is 5.91 Å². The van der Waals surface area contributed by atoms with Gasteiger partial charge in [-0.3, -0.25) is 4.79 Å². The Balaban J connectivity index is 1.97. The Morgan fingerprint density at radius 1 is 1.32 bits per heavy atom. The second-order valence-corrected chi connectivity index (χ2v) is 6.77. The smallest absolute Gasteiger partial charge is 0.329 e. The molecular weight excluding hydrogens is 349 g/mol. The molecule has 0 aliphatic carbocycles. The van der Waals surface area contributed by atoms with E-state index in [1.54, 1.807) is 18.2 Å². The summed E-state index contributed by atoms with van der Waals surface area (Å²) >= 11 is 13.1. The first-order valence-electron chi connectivity index (χ1n) is 6.63. The number of carboxylic acids is 1. The molecule has 1 heterocycles. The van der Waals surface area contributed by atoms with E-state index < -0.39 is 11.5 Å². The molecule has 1 aromatic carbocycles. The Morgan fingerprint density at radius 2 is 2.00 bits per heavy atom. The number of carbonyl (C=O) groups excluding carboxylic acids is 1. The minimum atomic E-state index is -1.24. The standard InChI is InChI=1S/C14H15Cl2NO4S/c15-9-1-2-10(16)11(7-9)22-8-12(18)17-14(13(19)20)3-5-21-6-4-14/h1-2,7H,3-6,8H2,(H,17,18)(H,19,20). The molecule has 0 saturated carbocycles. The Morgan fingerprint density at radius 3 is 2.64 bits per heavy atom. The molecule has 0 aromatic heterocycles. The third kappa shape index (κ3) is 4.29. The zero-order valence-corrected chi connectivity index (χ0v) is 13.9. The number of carboxylic acid groups (broad SMARTS) is 1. The Bertz CT molecular complexity index is 576. The van der Waals surface area contributed by atoms with Crippen molar-refractivity contribution in [2.24, 2.45) is 0 Å². The van der Waals surface area contributed by atoms with Gasteiger partial charge in [0, 0.05) is 36.0 Å². The van der Waals surface area contributed by atoms with E-state index in [0.717, 1.165) is 0 Å². The lowest BCUT2D eigenvalue weighted by atomic mass is 9.90. The monoisotopic (exact) mass is 363 g/mol. The quantitative estimate of drug-likeness (QED) is 0.786. The summed E-state index contributed by atoms with van der Waals surface area (Å²) in [4.78, 5) is 24.2. The van der Waals surface area contributed by atoms with Crippen LogP contribution in [0.1, 0.15) is 12.8 Å². The van der Waals surface area contributed by atoms with E-state index in [9.17, 15) is 14.7 Å². The molecule has 2 rings (SSSR count). The van der Waals surface area contributed by atoms with E-state index in [-0.39, 0.29) is 24.5 Å². The largest absolute Gasteiger partial charge is 0.480 e. The van der Waals surface area contributed by atoms with Gasteiger partial charge in [0.1, 0.15) is 5.54 Å². The van der Waals surface area contributed by atoms with Crippen LogP contribution in [-0.2, 0) is 14.3 Å². The fraction of sp³-hybridized carbons (Fsp3) is 0.429. The molecule has 8 heteroatoms. The first kappa shape index (κ1) is 17.4. The maximum absolute atomic E-state index is 12.1. The summed E-state index contributed by atoms with van der Waals surface area (Å²) in [5, 5.41) is 13.0. The molecule has 1 fully saturated rings. The van der Waals surface area contributed by atoms with Gasteiger partial charge in [0.25, 0.3) is 0 Å². The van der Waals surface area contributed by atoms with Crippen LogP contribution in [0, 0.1) is 0 Å². The second kappa shape index (κ2) is 7.55. The molecule has 0 unspecified atom stereocenters. The molecule has 0 bridgehead atoms. The number of ether oxygens (including phenoxy) is 1. The number of aliphatic carboxylic acids is 1. The van der Waals surface area contributed by atoms with Crippen molar-refractivity contribution in [3.05, 3.63) is 28.2 Å². The first-order chi connectivity index (χ1) is 10.4. The molecule has 120 valence electrons. The van der Waals surface area contributed by atoms with Gasteiger partial charge in [-0.2, -0.15) is 0 Å². The number of hydrogen-bond acceptors (Lipinski definition) is 4. The van der Waals surface area contributed by atoms with Crippen LogP contribution in [0.2, 0.25) is 10.0 Å². The highest BCUT2D eigenvalue weighted by Crippen LogP contribution is 2.30. The molecule has 1 aromatic rings. The van der Waals surface area contributed by atoms with Crippen LogP contribution in [0.3, 0.4) is 0 Å². The predicted octanol–water partition coefficient (Wildman–Crippen LogP) is 2.84. The topological polar surface area (TPSA) is 75.6 Å². The summed E-state index contributed by atoms with van der Waals surface area (Å²) in [6, 6.07) is 4.99. The van der Waals surface area contributed by atoms with Gasteiger partial charge >= 0.3 is 5.97 Å². The molecule has 0 atom stereocenters. The molecule has 1 aliphatic heterocycles. The van der Waals surface area contributed by atoms with Crippen molar-refractivity contribution < 1.29 is 19.4 Å². The van der Waals surface area contributed by atoms with Crippen LogP contribution >= 0.6 is 35.0 Å². The van der Waals surface area contributed by atoms with Crippen LogP contribution < -0.4 is 5.32 Å². The number of amides is 1. The lowest BCUT2D eigenvalue weighted by Crippen LogP contribution is -2.57. The summed E-state index contributed by atoms with van der Waals surface area (Å²) in [5.74, 6) is -1.32. The van der Waals surface area contributed by atoms with Gasteiger partial charge in [0.05, 0.1) is 10.8 Å². The van der Waals surface area contributed by atoms with Crippen LogP contribution in [0.15, 0.2) is 23.1 Å². The average Bonchev–Trinajstić information content (AvgIpc) is 2.49. The van der Waals surface area contributed by atoms with Gasteiger partial charge in [-0.05, 0) is 18.2 Å². The SMILES string of the molecule is O=C(CSc1cc(Cl)ccc1Cl)NC1(C(=O)O)CCOCC1. The van der Waals surface area contributed by atoms with Gasteiger partial charge in [0.15, 0.2) is 0 Å². The Kier molecular flexibility index (Phi) is 5.97. The second-order valence-electron chi connectivity index (χ2n) is 4.91. The number of nitrogens with one attached hydrogen (secondary N) is 1. The third-order valence-electron chi connectivity index (χ3n) is 3.39. The Hall–Kier alpha value is -0.950. The summed E-state index contributed by atoms with van der Waals surface area (Å²) in [5.41, 5.74) is -1.24. The van der Waals surface area contributed by atoms with E-state index in [1.165, 1.54) is 11.8 Å². The zero-order chi connectivity index (χ0) is 16.2. The molecule has 22 heavy (non-hydrogen) atoms. The number of thioether (sulfide) groups is 1. The molecule has 2 N–H and O–H groups in total. The predicted molar refractivity (Wildman–Crippen MR) is 85.7 cm³/mol. The van der Waals surface area contributed by atoms with Gasteiger partial charge in [-0.25, -0.2) is 4.79 Å². The van der Waals surface area contributed by atoms with Crippen molar-refractivity contribution in [1.82, 2.24) is 5.32 Å². The molecule has 1 saturated heterocycles. The van der Waals surface area contributed by atoms with Crippen molar-refractivity contribution in [3.63, 3.8) is 0 Å². The highest BCUT2D eigenvalue weighted by Gasteiger charge is 2.41. The maximum atomic E-state index is 12.1. The molecule has 0 spiro atoms. The molecule has 1 aliphatic rings. The molecule has 5 nitrogen and oxygen atoms in total. The Labute approximate surface area is 142 Å². The van der Waals surface area contributed by atoms with Gasteiger partial charge < -0.3 is 15.2 Å². The normalized spacial score (nSPS) is 17.0. The van der Waals surface area contributed by atoms with E-state index in [2.05, 4.69) is 5.32 Å². The highest BCUT2D eigenvalue weighted by atomic mass is 35.5. The highest BCUT2D eigenvalue weighted by molar-refractivity contribution is 8.00. The van der Waals surface area contributed by atoms with E-state index >= 15 is 0 Å². The van der Waals surface area contributed by atoms with E-state index in [0.29, 0.717) is 28.2 Å². The van der Waals surface area contributed by atoms with Crippen LogP contribution in [0.5, 0.6) is 0 Å². The number of hydrogen-bond donors (Lipinski definition) is 2. The van der Waals surface area contributed by atoms with Crippen molar-refractivity contribution in [1.29, 1.82) is 0 Å². The summed E-state index contributed by atoms with van der Waals surface area (Å²) in [6.45, 7) is 0.639. The van der Waals surface area contributed by atoms with Crippen molar-refractivity contribution >= 4 is 46.8 Å². The number of rotatable bonds is 5. The fourth-order valence-corrected chi connectivity index (χ4v) is 3.44. The average molecular weight is 364 g/mol. The molecule has 0 radical (unpaired) electrons. The number of benzene rings is 1. The van der Waals surface area contributed by atoms with Crippen LogP contribution in [0.4, 0.5) is 0 Å². The van der Waals surface area contributed by atoms with Gasteiger partial charge in [-0.15, -0.1) is 11.8 Å². The van der Waals surface area contributed by atoms with Crippen LogP contribution in [-0.4, -0.2) is 41.5 Å². The van der Waals surface area contributed by atoms with Crippen molar-refractivity contribution in [3.8, 4) is 0 Å². The van der Waals surface area contributed by atoms with Gasteiger partial charge in [-0.1, -0.05) is 23.2 Å². The fourth-order valence-electron chi connectivity index (χ4n) is 2.15. The zero-order valence-electron chi connectivity index (χ0n) is 11.6.